The highest BCUT2D eigenvalue weighted by Crippen LogP contribution is 2.22. The third kappa shape index (κ3) is 5.77. The molecule has 0 radical (unpaired) electrons. The lowest BCUT2D eigenvalue weighted by atomic mass is 10.2. The van der Waals surface area contributed by atoms with Gasteiger partial charge in [0.1, 0.15) is 0 Å². The number of carbonyl (C=O) groups is 1. The molecule has 1 saturated heterocycles. The van der Waals surface area contributed by atoms with Crippen LogP contribution in [0.15, 0.2) is 18.2 Å². The van der Waals surface area contributed by atoms with Crippen molar-refractivity contribution in [2.24, 2.45) is 0 Å². The molecular weight excluding hydrogens is 306 g/mol. The van der Waals surface area contributed by atoms with E-state index in [9.17, 15) is 4.79 Å². The zero-order valence-electron chi connectivity index (χ0n) is 12.1. The van der Waals surface area contributed by atoms with Crippen molar-refractivity contribution in [1.29, 1.82) is 0 Å². The SMILES string of the molecule is Nc1cc(Cl)ccc1NC(=O)CCCN1CCCSCC1. The molecule has 1 aliphatic rings. The van der Waals surface area contributed by atoms with E-state index in [1.165, 1.54) is 17.9 Å². The minimum absolute atomic E-state index is 0.00761. The number of nitrogens with one attached hydrogen (secondary N) is 1. The van der Waals surface area contributed by atoms with Gasteiger partial charge in [0, 0.05) is 23.7 Å². The lowest BCUT2D eigenvalue weighted by molar-refractivity contribution is -0.116. The maximum absolute atomic E-state index is 11.9. The van der Waals surface area contributed by atoms with Crippen LogP contribution in [0.4, 0.5) is 11.4 Å². The van der Waals surface area contributed by atoms with E-state index in [0.717, 1.165) is 26.1 Å². The number of nitrogens with two attached hydrogens (primary N) is 1. The molecule has 1 aliphatic heterocycles. The number of thioether (sulfide) groups is 1. The zero-order chi connectivity index (χ0) is 15.1. The van der Waals surface area contributed by atoms with Gasteiger partial charge in [0.2, 0.25) is 5.91 Å². The van der Waals surface area contributed by atoms with Crippen molar-refractivity contribution in [3.05, 3.63) is 23.2 Å². The summed E-state index contributed by atoms with van der Waals surface area (Å²) in [6, 6.07) is 5.11. The molecule has 4 nitrogen and oxygen atoms in total. The molecule has 0 unspecified atom stereocenters. The molecule has 1 aromatic carbocycles. The van der Waals surface area contributed by atoms with Gasteiger partial charge < -0.3 is 16.0 Å². The number of anilines is 2. The van der Waals surface area contributed by atoms with Crippen LogP contribution in [-0.4, -0.2) is 41.9 Å². The van der Waals surface area contributed by atoms with Crippen LogP contribution in [0.5, 0.6) is 0 Å². The minimum atomic E-state index is 0.00761. The Morgan fingerprint density at radius 1 is 1.38 bits per heavy atom. The van der Waals surface area contributed by atoms with Crippen molar-refractivity contribution in [3.8, 4) is 0 Å². The Morgan fingerprint density at radius 3 is 3.05 bits per heavy atom. The van der Waals surface area contributed by atoms with Gasteiger partial charge in [-0.3, -0.25) is 4.79 Å². The van der Waals surface area contributed by atoms with Crippen LogP contribution < -0.4 is 11.1 Å². The second kappa shape index (κ2) is 8.51. The van der Waals surface area contributed by atoms with Crippen LogP contribution in [-0.2, 0) is 4.79 Å². The number of amides is 1. The minimum Gasteiger partial charge on any atom is -0.397 e. The Balaban J connectivity index is 1.71. The molecule has 21 heavy (non-hydrogen) atoms. The number of nitrogen functional groups attached to an aromatic ring is 1. The third-order valence-corrected chi connectivity index (χ3v) is 4.76. The quantitative estimate of drug-likeness (QED) is 0.816. The standard InChI is InChI=1S/C15H22ClN3OS/c16-12-4-5-14(13(17)11-12)18-15(20)3-1-6-19-7-2-9-21-10-8-19/h4-5,11H,1-3,6-10,17H2,(H,18,20). The topological polar surface area (TPSA) is 58.4 Å². The van der Waals surface area contributed by atoms with Gasteiger partial charge in [-0.15, -0.1) is 0 Å². The van der Waals surface area contributed by atoms with E-state index in [4.69, 9.17) is 17.3 Å². The number of carbonyl (C=O) groups excluding carboxylic acids is 1. The predicted octanol–water partition coefficient (Wildman–Crippen LogP) is 3.08. The Bertz CT molecular complexity index is 476. The summed E-state index contributed by atoms with van der Waals surface area (Å²) in [5.41, 5.74) is 6.96. The van der Waals surface area contributed by atoms with Gasteiger partial charge in [0.25, 0.3) is 0 Å². The fraction of sp³-hybridized carbons (Fsp3) is 0.533. The number of rotatable bonds is 5. The summed E-state index contributed by atoms with van der Waals surface area (Å²) in [5.74, 6) is 2.47. The maximum atomic E-state index is 11.9. The summed E-state index contributed by atoms with van der Waals surface area (Å²) in [7, 11) is 0. The number of hydrogen-bond acceptors (Lipinski definition) is 4. The van der Waals surface area contributed by atoms with Crippen molar-refractivity contribution in [3.63, 3.8) is 0 Å². The largest absolute Gasteiger partial charge is 0.397 e. The van der Waals surface area contributed by atoms with E-state index in [1.807, 2.05) is 11.8 Å². The molecule has 1 heterocycles. The van der Waals surface area contributed by atoms with Crippen LogP contribution in [0.1, 0.15) is 19.3 Å². The van der Waals surface area contributed by atoms with Crippen molar-refractivity contribution in [2.45, 2.75) is 19.3 Å². The summed E-state index contributed by atoms with van der Waals surface area (Å²) in [6.07, 6.45) is 2.65. The Hall–Kier alpha value is -0.910. The molecule has 3 N–H and O–H groups in total. The Kier molecular flexibility index (Phi) is 6.67. The summed E-state index contributed by atoms with van der Waals surface area (Å²) in [5, 5.41) is 3.42. The van der Waals surface area contributed by atoms with Gasteiger partial charge in [-0.05, 0) is 49.9 Å². The number of benzene rings is 1. The summed E-state index contributed by atoms with van der Waals surface area (Å²) < 4.78 is 0. The van der Waals surface area contributed by atoms with Gasteiger partial charge in [0.05, 0.1) is 11.4 Å². The Morgan fingerprint density at radius 2 is 2.24 bits per heavy atom. The normalized spacial score (nSPS) is 16.4. The maximum Gasteiger partial charge on any atom is 0.224 e. The van der Waals surface area contributed by atoms with Gasteiger partial charge >= 0.3 is 0 Å². The van der Waals surface area contributed by atoms with Crippen LogP contribution >= 0.6 is 23.4 Å². The first kappa shape index (κ1) is 16.5. The lowest BCUT2D eigenvalue weighted by Crippen LogP contribution is -2.28. The van der Waals surface area contributed by atoms with E-state index in [2.05, 4.69) is 10.2 Å². The molecule has 0 atom stereocenters. The molecule has 116 valence electrons. The molecule has 1 aromatic rings. The molecular formula is C15H22ClN3OS. The summed E-state index contributed by atoms with van der Waals surface area (Å²) in [4.78, 5) is 14.4. The average molecular weight is 328 g/mol. The Labute approximate surface area is 135 Å². The molecule has 0 spiro atoms. The van der Waals surface area contributed by atoms with Gasteiger partial charge in [-0.1, -0.05) is 11.6 Å². The number of nitrogens with zero attached hydrogens (tertiary/aromatic N) is 1. The van der Waals surface area contributed by atoms with Crippen LogP contribution in [0.3, 0.4) is 0 Å². The molecule has 1 fully saturated rings. The third-order valence-electron chi connectivity index (χ3n) is 3.48. The molecule has 0 aliphatic carbocycles. The lowest BCUT2D eigenvalue weighted by Gasteiger charge is -2.18. The smallest absolute Gasteiger partial charge is 0.224 e. The highest BCUT2D eigenvalue weighted by Gasteiger charge is 2.10. The second-order valence-corrected chi connectivity index (χ2v) is 6.85. The molecule has 0 saturated carbocycles. The van der Waals surface area contributed by atoms with E-state index < -0.39 is 0 Å². The van der Waals surface area contributed by atoms with E-state index in [-0.39, 0.29) is 5.91 Å². The molecule has 0 bridgehead atoms. The number of hydrogen-bond donors (Lipinski definition) is 2. The molecule has 1 amide bonds. The molecule has 2 rings (SSSR count). The van der Waals surface area contributed by atoms with Gasteiger partial charge in [-0.2, -0.15) is 11.8 Å². The first-order chi connectivity index (χ1) is 10.1. The van der Waals surface area contributed by atoms with Crippen LogP contribution in [0.25, 0.3) is 0 Å². The monoisotopic (exact) mass is 327 g/mol. The van der Waals surface area contributed by atoms with E-state index in [1.54, 1.807) is 18.2 Å². The number of halogens is 1. The highest BCUT2D eigenvalue weighted by molar-refractivity contribution is 7.99. The van der Waals surface area contributed by atoms with Gasteiger partial charge in [-0.25, -0.2) is 0 Å². The van der Waals surface area contributed by atoms with Crippen molar-refractivity contribution in [2.75, 3.05) is 42.2 Å². The zero-order valence-corrected chi connectivity index (χ0v) is 13.7. The second-order valence-electron chi connectivity index (χ2n) is 5.19. The average Bonchev–Trinajstić information content (AvgIpc) is 2.71. The van der Waals surface area contributed by atoms with Crippen molar-refractivity contribution in [1.82, 2.24) is 4.90 Å². The molecule has 0 aromatic heterocycles. The molecule has 6 heteroatoms. The van der Waals surface area contributed by atoms with E-state index in [0.29, 0.717) is 22.8 Å². The van der Waals surface area contributed by atoms with Crippen LogP contribution in [0.2, 0.25) is 5.02 Å². The van der Waals surface area contributed by atoms with E-state index >= 15 is 0 Å². The fourth-order valence-electron chi connectivity index (χ4n) is 2.34. The fourth-order valence-corrected chi connectivity index (χ4v) is 3.45. The highest BCUT2D eigenvalue weighted by atomic mass is 35.5. The first-order valence-corrected chi connectivity index (χ1v) is 8.83. The summed E-state index contributed by atoms with van der Waals surface area (Å²) in [6.45, 7) is 3.28. The first-order valence-electron chi connectivity index (χ1n) is 7.30. The predicted molar refractivity (Wildman–Crippen MR) is 92.1 cm³/mol. The van der Waals surface area contributed by atoms with Gasteiger partial charge in [0.15, 0.2) is 0 Å². The van der Waals surface area contributed by atoms with Crippen LogP contribution in [0, 0.1) is 0 Å². The summed E-state index contributed by atoms with van der Waals surface area (Å²) >= 11 is 7.85. The van der Waals surface area contributed by atoms with Crippen molar-refractivity contribution >= 4 is 40.6 Å². The van der Waals surface area contributed by atoms with Crippen molar-refractivity contribution < 1.29 is 4.79 Å².